The van der Waals surface area contributed by atoms with Crippen LogP contribution in [0.3, 0.4) is 0 Å². The van der Waals surface area contributed by atoms with E-state index >= 15 is 0 Å². The minimum atomic E-state index is 0.223. The quantitative estimate of drug-likeness (QED) is 0.466. The molecule has 0 spiro atoms. The number of nitrogens with one attached hydrogen (secondary N) is 2. The van der Waals surface area contributed by atoms with Crippen LogP contribution in [-0.4, -0.2) is 32.1 Å². The van der Waals surface area contributed by atoms with Crippen LogP contribution in [0.5, 0.6) is 0 Å². The molecule has 76 valence electrons. The lowest BCUT2D eigenvalue weighted by molar-refractivity contribution is -0.122. The molecule has 4 nitrogen and oxygen atoms in total. The van der Waals surface area contributed by atoms with Crippen LogP contribution in [-0.2, 0) is 4.79 Å². The monoisotopic (exact) mass is 185 g/mol. The summed E-state index contributed by atoms with van der Waals surface area (Å²) in [6, 6.07) is 0. The Kier molecular flexibility index (Phi) is 4.78. The molecular weight excluding hydrogens is 166 g/mol. The molecule has 0 aromatic heterocycles. The van der Waals surface area contributed by atoms with Gasteiger partial charge in [-0.3, -0.25) is 4.79 Å². The maximum Gasteiger partial charge on any atom is 0.223 e. The van der Waals surface area contributed by atoms with Crippen LogP contribution >= 0.6 is 0 Å². The molecule has 0 atom stereocenters. The molecule has 0 bridgehead atoms. The van der Waals surface area contributed by atoms with Crippen LogP contribution in [0.1, 0.15) is 19.3 Å². The smallest absolute Gasteiger partial charge is 0.223 e. The van der Waals surface area contributed by atoms with Gasteiger partial charge in [-0.2, -0.15) is 0 Å². The summed E-state index contributed by atoms with van der Waals surface area (Å²) >= 11 is 0. The number of hydrogen-bond donors (Lipinski definition) is 3. The van der Waals surface area contributed by atoms with Gasteiger partial charge in [0.1, 0.15) is 0 Å². The van der Waals surface area contributed by atoms with Crippen LogP contribution in [0.25, 0.3) is 0 Å². The zero-order chi connectivity index (χ0) is 9.52. The molecule has 1 saturated carbocycles. The molecule has 0 heterocycles. The fraction of sp³-hybridized carbons (Fsp3) is 0.889. The maximum absolute atomic E-state index is 11.1. The van der Waals surface area contributed by atoms with E-state index in [0.29, 0.717) is 5.92 Å². The van der Waals surface area contributed by atoms with Crippen LogP contribution < -0.4 is 16.4 Å². The second-order valence-electron chi connectivity index (χ2n) is 3.46. The molecule has 0 saturated heterocycles. The highest BCUT2D eigenvalue weighted by atomic mass is 16.2. The number of hydrogen-bond acceptors (Lipinski definition) is 3. The second-order valence-corrected chi connectivity index (χ2v) is 3.46. The van der Waals surface area contributed by atoms with Gasteiger partial charge in [0.25, 0.3) is 0 Å². The Morgan fingerprint density at radius 2 is 2.08 bits per heavy atom. The van der Waals surface area contributed by atoms with Crippen molar-refractivity contribution < 1.29 is 4.79 Å². The number of amides is 1. The van der Waals surface area contributed by atoms with Crippen molar-refractivity contribution in [1.29, 1.82) is 0 Å². The van der Waals surface area contributed by atoms with Crippen molar-refractivity contribution in [3.63, 3.8) is 0 Å². The van der Waals surface area contributed by atoms with Crippen LogP contribution in [0.4, 0.5) is 0 Å². The summed E-state index contributed by atoms with van der Waals surface area (Å²) in [6.07, 6.45) is 3.15. The normalized spacial score (nSPS) is 15.8. The summed E-state index contributed by atoms with van der Waals surface area (Å²) in [7, 11) is 0. The van der Waals surface area contributed by atoms with E-state index in [-0.39, 0.29) is 5.91 Å². The molecule has 4 N–H and O–H groups in total. The first-order valence-corrected chi connectivity index (χ1v) is 5.03. The molecule has 0 aromatic carbocycles. The molecule has 1 aliphatic rings. The van der Waals surface area contributed by atoms with E-state index in [1.807, 2.05) is 0 Å². The van der Waals surface area contributed by atoms with Crippen LogP contribution in [0.15, 0.2) is 0 Å². The largest absolute Gasteiger partial charge is 0.355 e. The van der Waals surface area contributed by atoms with Crippen molar-refractivity contribution in [2.75, 3.05) is 26.2 Å². The predicted molar refractivity (Wildman–Crippen MR) is 52.3 cm³/mol. The van der Waals surface area contributed by atoms with Gasteiger partial charge in [-0.1, -0.05) is 0 Å². The van der Waals surface area contributed by atoms with Crippen LogP contribution in [0.2, 0.25) is 0 Å². The minimum absolute atomic E-state index is 0.223. The topological polar surface area (TPSA) is 67.2 Å². The lowest BCUT2D eigenvalue weighted by Crippen LogP contribution is -2.33. The highest BCUT2D eigenvalue weighted by Gasteiger charge is 2.28. The van der Waals surface area contributed by atoms with Crippen molar-refractivity contribution >= 4 is 5.91 Å². The third-order valence-electron chi connectivity index (χ3n) is 2.11. The first kappa shape index (κ1) is 10.5. The highest BCUT2D eigenvalue weighted by molar-refractivity contribution is 5.80. The van der Waals surface area contributed by atoms with Crippen molar-refractivity contribution in [1.82, 2.24) is 10.6 Å². The van der Waals surface area contributed by atoms with Gasteiger partial charge in [-0.15, -0.1) is 0 Å². The van der Waals surface area contributed by atoms with E-state index in [1.165, 1.54) is 0 Å². The molecule has 0 unspecified atom stereocenters. The Labute approximate surface area is 79.3 Å². The molecule has 13 heavy (non-hydrogen) atoms. The molecule has 0 radical (unpaired) electrons. The summed E-state index contributed by atoms with van der Waals surface area (Å²) < 4.78 is 0. The lowest BCUT2D eigenvalue weighted by atomic mass is 10.4. The van der Waals surface area contributed by atoms with E-state index in [9.17, 15) is 4.79 Å². The van der Waals surface area contributed by atoms with E-state index < -0.39 is 0 Å². The van der Waals surface area contributed by atoms with Gasteiger partial charge >= 0.3 is 0 Å². The number of rotatable bonds is 7. The third-order valence-corrected chi connectivity index (χ3v) is 2.11. The summed E-state index contributed by atoms with van der Waals surface area (Å²) in [5.41, 5.74) is 5.33. The summed E-state index contributed by atoms with van der Waals surface area (Å²) in [5.74, 6) is 0.546. The fourth-order valence-electron chi connectivity index (χ4n) is 1.12. The Hall–Kier alpha value is -0.610. The third kappa shape index (κ3) is 4.85. The maximum atomic E-state index is 11.1. The van der Waals surface area contributed by atoms with Gasteiger partial charge in [0.15, 0.2) is 0 Å². The van der Waals surface area contributed by atoms with Gasteiger partial charge in [-0.25, -0.2) is 0 Å². The first-order chi connectivity index (χ1) is 6.34. The number of nitrogens with two attached hydrogens (primary N) is 1. The van der Waals surface area contributed by atoms with Gasteiger partial charge in [-0.05, 0) is 32.4 Å². The molecule has 4 heteroatoms. The average molecular weight is 185 g/mol. The molecule has 0 aliphatic heterocycles. The number of carbonyl (C=O) groups is 1. The molecule has 1 amide bonds. The van der Waals surface area contributed by atoms with E-state index in [0.717, 1.165) is 45.4 Å². The van der Waals surface area contributed by atoms with Crippen molar-refractivity contribution in [2.45, 2.75) is 19.3 Å². The fourth-order valence-corrected chi connectivity index (χ4v) is 1.12. The minimum Gasteiger partial charge on any atom is -0.355 e. The Bertz CT molecular complexity index is 157. The van der Waals surface area contributed by atoms with E-state index in [1.54, 1.807) is 0 Å². The SMILES string of the molecule is NCCCNCCNC(=O)C1CC1. The first-order valence-electron chi connectivity index (χ1n) is 5.03. The molecule has 1 fully saturated rings. The van der Waals surface area contributed by atoms with Crippen molar-refractivity contribution in [3.8, 4) is 0 Å². The van der Waals surface area contributed by atoms with Crippen molar-refractivity contribution in [3.05, 3.63) is 0 Å². The Balaban J connectivity index is 1.80. The zero-order valence-corrected chi connectivity index (χ0v) is 8.01. The predicted octanol–water partition coefficient (Wildman–Crippen LogP) is -0.549. The highest BCUT2D eigenvalue weighted by Crippen LogP contribution is 2.28. The van der Waals surface area contributed by atoms with Crippen LogP contribution in [0, 0.1) is 5.92 Å². The lowest BCUT2D eigenvalue weighted by Gasteiger charge is -2.05. The second kappa shape index (κ2) is 5.94. The Morgan fingerprint density at radius 3 is 2.69 bits per heavy atom. The summed E-state index contributed by atoms with van der Waals surface area (Å²) in [6.45, 7) is 3.25. The number of carbonyl (C=O) groups excluding carboxylic acids is 1. The van der Waals surface area contributed by atoms with Gasteiger partial charge in [0.2, 0.25) is 5.91 Å². The molecule has 0 aromatic rings. The molecule has 1 rings (SSSR count). The average Bonchev–Trinajstić information content (AvgIpc) is 2.93. The van der Waals surface area contributed by atoms with Gasteiger partial charge in [0, 0.05) is 19.0 Å². The van der Waals surface area contributed by atoms with Crippen molar-refractivity contribution in [2.24, 2.45) is 11.7 Å². The Morgan fingerprint density at radius 1 is 1.31 bits per heavy atom. The zero-order valence-electron chi connectivity index (χ0n) is 8.01. The standard InChI is InChI=1S/C9H19N3O/c10-4-1-5-11-6-7-12-9(13)8-2-3-8/h8,11H,1-7,10H2,(H,12,13). The summed E-state index contributed by atoms with van der Waals surface area (Å²) in [4.78, 5) is 11.1. The molecular formula is C9H19N3O. The summed E-state index contributed by atoms with van der Waals surface area (Å²) in [5, 5.41) is 6.10. The van der Waals surface area contributed by atoms with E-state index in [4.69, 9.17) is 5.73 Å². The van der Waals surface area contributed by atoms with Gasteiger partial charge in [0.05, 0.1) is 0 Å². The van der Waals surface area contributed by atoms with E-state index in [2.05, 4.69) is 10.6 Å². The molecule has 1 aliphatic carbocycles. The van der Waals surface area contributed by atoms with Gasteiger partial charge < -0.3 is 16.4 Å².